The maximum Gasteiger partial charge on any atom is 0.338 e. The quantitative estimate of drug-likeness (QED) is 0.488. The van der Waals surface area contributed by atoms with Crippen molar-refractivity contribution in [3.8, 4) is 0 Å². The monoisotopic (exact) mass is 336 g/mol. The lowest BCUT2D eigenvalue weighted by atomic mass is 10.0. The molecule has 1 aliphatic heterocycles. The van der Waals surface area contributed by atoms with E-state index in [9.17, 15) is 9.59 Å². The fourth-order valence-corrected chi connectivity index (χ4v) is 2.85. The van der Waals surface area contributed by atoms with Crippen LogP contribution < -0.4 is 0 Å². The van der Waals surface area contributed by atoms with Gasteiger partial charge in [-0.25, -0.2) is 9.59 Å². The second-order valence-corrected chi connectivity index (χ2v) is 5.92. The molecule has 0 radical (unpaired) electrons. The summed E-state index contributed by atoms with van der Waals surface area (Å²) < 4.78 is 16.5. The van der Waals surface area contributed by atoms with E-state index in [-0.39, 0.29) is 12.2 Å². The predicted octanol–water partition coefficient (Wildman–Crippen LogP) is 2.77. The summed E-state index contributed by atoms with van der Waals surface area (Å²) in [6.45, 7) is 0. The third-order valence-electron chi connectivity index (χ3n) is 4.20. The van der Waals surface area contributed by atoms with Crippen LogP contribution in [0.4, 0.5) is 0 Å². The van der Waals surface area contributed by atoms with Crippen LogP contribution in [0.1, 0.15) is 20.7 Å². The highest BCUT2D eigenvalue weighted by Gasteiger charge is 2.54. The smallest absolute Gasteiger partial charge is 0.338 e. The highest BCUT2D eigenvalue weighted by atomic mass is 16.7. The van der Waals surface area contributed by atoms with Crippen molar-refractivity contribution in [3.63, 3.8) is 0 Å². The zero-order chi connectivity index (χ0) is 17.2. The Labute approximate surface area is 144 Å². The maximum atomic E-state index is 12.1. The first-order valence-corrected chi connectivity index (χ1v) is 8.08. The van der Waals surface area contributed by atoms with Gasteiger partial charge < -0.3 is 14.2 Å². The van der Waals surface area contributed by atoms with E-state index in [1.807, 2.05) is 12.1 Å². The number of fused-ring (bicyclic) bond motifs is 1. The first-order chi connectivity index (χ1) is 12.2. The third-order valence-corrected chi connectivity index (χ3v) is 4.20. The fourth-order valence-electron chi connectivity index (χ4n) is 2.85. The van der Waals surface area contributed by atoms with Gasteiger partial charge in [0.25, 0.3) is 0 Å². The molecular formula is C20H16O5. The highest BCUT2D eigenvalue weighted by Crippen LogP contribution is 2.37. The second-order valence-electron chi connectivity index (χ2n) is 5.92. The Hall–Kier alpha value is -2.92. The van der Waals surface area contributed by atoms with Gasteiger partial charge in [-0.05, 0) is 36.4 Å². The van der Waals surface area contributed by atoms with Crippen LogP contribution in [0.15, 0.2) is 72.8 Å². The Bertz CT molecular complexity index is 732. The number of benzene rings is 2. The minimum absolute atomic E-state index is 0.272. The molecule has 0 aromatic heterocycles. The average molecular weight is 336 g/mol. The Balaban J connectivity index is 1.38. The van der Waals surface area contributed by atoms with E-state index in [0.717, 1.165) is 0 Å². The molecule has 5 heteroatoms. The van der Waals surface area contributed by atoms with E-state index < -0.39 is 24.1 Å². The lowest BCUT2D eigenvalue weighted by Crippen LogP contribution is -2.33. The van der Waals surface area contributed by atoms with Gasteiger partial charge in [0.2, 0.25) is 0 Å². The molecule has 4 rings (SSSR count). The number of carbonyl (C=O) groups excluding carboxylic acids is 2. The van der Waals surface area contributed by atoms with Crippen molar-refractivity contribution in [2.75, 3.05) is 0 Å². The second kappa shape index (κ2) is 6.53. The van der Waals surface area contributed by atoms with Crippen molar-refractivity contribution in [1.82, 2.24) is 0 Å². The molecular weight excluding hydrogens is 320 g/mol. The lowest BCUT2D eigenvalue weighted by molar-refractivity contribution is 0.0287. The zero-order valence-electron chi connectivity index (χ0n) is 13.3. The van der Waals surface area contributed by atoms with Crippen LogP contribution in [0.5, 0.6) is 0 Å². The summed E-state index contributed by atoms with van der Waals surface area (Å²) in [7, 11) is 0. The summed E-state index contributed by atoms with van der Waals surface area (Å²) >= 11 is 0. The molecule has 2 aliphatic rings. The van der Waals surface area contributed by atoms with Crippen molar-refractivity contribution < 1.29 is 23.8 Å². The Morgan fingerprint density at radius 3 is 1.48 bits per heavy atom. The fraction of sp³-hybridized carbons (Fsp3) is 0.200. The van der Waals surface area contributed by atoms with Gasteiger partial charge in [0.1, 0.15) is 24.4 Å². The molecule has 0 bridgehead atoms. The summed E-state index contributed by atoms with van der Waals surface area (Å²) in [6, 6.07) is 17.6. The standard InChI is InChI=1S/C20H16O5/c21-19(13-7-3-1-4-8-13)23-15-11-12-16(18-17(15)25-18)24-20(22)14-9-5-2-6-10-14/h1-12,15-18H. The number of epoxide rings is 1. The minimum Gasteiger partial charge on any atom is -0.452 e. The van der Waals surface area contributed by atoms with E-state index in [0.29, 0.717) is 11.1 Å². The minimum atomic E-state index is -0.468. The SMILES string of the molecule is O=C(OC1C=CC(OC(=O)c2ccccc2)C2OC12)c1ccccc1. The molecule has 25 heavy (non-hydrogen) atoms. The van der Waals surface area contributed by atoms with Crippen molar-refractivity contribution in [3.05, 3.63) is 83.9 Å². The van der Waals surface area contributed by atoms with Gasteiger partial charge in [0.15, 0.2) is 0 Å². The van der Waals surface area contributed by atoms with Crippen LogP contribution in [-0.2, 0) is 14.2 Å². The summed E-state index contributed by atoms with van der Waals surface area (Å²) in [6.07, 6.45) is 1.96. The summed E-state index contributed by atoms with van der Waals surface area (Å²) in [4.78, 5) is 24.2. The molecule has 4 atom stereocenters. The van der Waals surface area contributed by atoms with Gasteiger partial charge in [-0.15, -0.1) is 0 Å². The van der Waals surface area contributed by atoms with Crippen molar-refractivity contribution in [1.29, 1.82) is 0 Å². The normalized spacial score (nSPS) is 26.4. The first-order valence-electron chi connectivity index (χ1n) is 8.08. The Morgan fingerprint density at radius 2 is 1.08 bits per heavy atom. The van der Waals surface area contributed by atoms with Crippen molar-refractivity contribution in [2.45, 2.75) is 24.4 Å². The van der Waals surface area contributed by atoms with E-state index in [2.05, 4.69) is 0 Å². The molecule has 126 valence electrons. The van der Waals surface area contributed by atoms with Crippen LogP contribution in [0.3, 0.4) is 0 Å². The van der Waals surface area contributed by atoms with Gasteiger partial charge in [-0.3, -0.25) is 0 Å². The van der Waals surface area contributed by atoms with Crippen LogP contribution >= 0.6 is 0 Å². The Kier molecular flexibility index (Phi) is 4.07. The van der Waals surface area contributed by atoms with E-state index in [4.69, 9.17) is 14.2 Å². The Morgan fingerprint density at radius 1 is 0.680 bits per heavy atom. The van der Waals surface area contributed by atoms with Crippen molar-refractivity contribution >= 4 is 11.9 Å². The number of hydrogen-bond donors (Lipinski definition) is 0. The number of esters is 2. The highest BCUT2D eigenvalue weighted by molar-refractivity contribution is 5.90. The van der Waals surface area contributed by atoms with Crippen LogP contribution in [-0.4, -0.2) is 36.4 Å². The van der Waals surface area contributed by atoms with Crippen LogP contribution in [0.25, 0.3) is 0 Å². The molecule has 5 nitrogen and oxygen atoms in total. The van der Waals surface area contributed by atoms with Gasteiger partial charge in [-0.1, -0.05) is 36.4 Å². The van der Waals surface area contributed by atoms with Gasteiger partial charge in [0, 0.05) is 0 Å². The van der Waals surface area contributed by atoms with E-state index in [1.54, 1.807) is 60.7 Å². The average Bonchev–Trinajstić information content (AvgIpc) is 3.46. The predicted molar refractivity (Wildman–Crippen MR) is 89.1 cm³/mol. The molecule has 1 saturated heterocycles. The summed E-state index contributed by atoms with van der Waals surface area (Å²) in [5.74, 6) is -0.798. The molecule has 4 unspecified atom stereocenters. The molecule has 1 aliphatic carbocycles. The lowest BCUT2D eigenvalue weighted by Gasteiger charge is -2.19. The summed E-state index contributed by atoms with van der Waals surface area (Å²) in [5.41, 5.74) is 0.983. The number of ether oxygens (including phenoxy) is 3. The van der Waals surface area contributed by atoms with Crippen molar-refractivity contribution in [2.24, 2.45) is 0 Å². The molecule has 0 spiro atoms. The van der Waals surface area contributed by atoms with Crippen LogP contribution in [0.2, 0.25) is 0 Å². The first kappa shape index (κ1) is 15.6. The van der Waals surface area contributed by atoms with Gasteiger partial charge in [0.05, 0.1) is 11.1 Å². The molecule has 1 fully saturated rings. The molecule has 1 heterocycles. The van der Waals surface area contributed by atoms with E-state index in [1.165, 1.54) is 0 Å². The number of hydrogen-bond acceptors (Lipinski definition) is 5. The largest absolute Gasteiger partial charge is 0.452 e. The molecule has 2 aromatic carbocycles. The summed E-state index contributed by atoms with van der Waals surface area (Å²) in [5, 5.41) is 0. The molecule has 0 amide bonds. The number of rotatable bonds is 4. The van der Waals surface area contributed by atoms with Gasteiger partial charge >= 0.3 is 11.9 Å². The topological polar surface area (TPSA) is 65.1 Å². The molecule has 2 aromatic rings. The van der Waals surface area contributed by atoms with Crippen LogP contribution in [0, 0.1) is 0 Å². The van der Waals surface area contributed by atoms with Gasteiger partial charge in [-0.2, -0.15) is 0 Å². The van der Waals surface area contributed by atoms with E-state index >= 15 is 0 Å². The third kappa shape index (κ3) is 3.32. The number of carbonyl (C=O) groups is 2. The molecule has 0 N–H and O–H groups in total. The molecule has 0 saturated carbocycles. The maximum absolute atomic E-state index is 12.1. The zero-order valence-corrected chi connectivity index (χ0v) is 13.3.